The Morgan fingerprint density at radius 2 is 1.69 bits per heavy atom. The average molecular weight is 603 g/mol. The third-order valence-corrected chi connectivity index (χ3v) is 7.96. The molecular formula is C28H35FN6O6S. The number of nitrogens with one attached hydrogen (secondary N) is 2. The highest BCUT2D eigenvalue weighted by molar-refractivity contribution is 7.91. The van der Waals surface area contributed by atoms with Crippen molar-refractivity contribution >= 4 is 39.4 Å². The first-order valence-electron chi connectivity index (χ1n) is 13.2. The van der Waals surface area contributed by atoms with E-state index in [4.69, 9.17) is 4.74 Å². The molecule has 0 aliphatic carbocycles. The van der Waals surface area contributed by atoms with Gasteiger partial charge in [0, 0.05) is 40.2 Å². The number of carbonyl (C=O) groups is 2. The van der Waals surface area contributed by atoms with Gasteiger partial charge in [-0.2, -0.15) is 4.98 Å². The van der Waals surface area contributed by atoms with Crippen LogP contribution in [0.2, 0.25) is 0 Å². The van der Waals surface area contributed by atoms with E-state index in [1.54, 1.807) is 38.4 Å². The van der Waals surface area contributed by atoms with E-state index in [9.17, 15) is 27.5 Å². The SMILES string of the molecule is CCN(CC)c1ncc(NCCS(=O)(=O)c2ccc(F)cc2)c(NC(Cc2ccc(OC(=O)N(C)C)cc2)C(=O)O)n1. The number of amides is 1. The number of carbonyl (C=O) groups excluding carboxylic acids is 1. The minimum atomic E-state index is -3.71. The fourth-order valence-electron chi connectivity index (χ4n) is 3.84. The number of aromatic nitrogens is 2. The molecule has 1 atom stereocenters. The van der Waals surface area contributed by atoms with Crippen LogP contribution < -0.4 is 20.3 Å². The average Bonchev–Trinajstić information content (AvgIpc) is 2.95. The number of nitrogens with zero attached hydrogens (tertiary/aromatic N) is 4. The van der Waals surface area contributed by atoms with Crippen LogP contribution in [0.3, 0.4) is 0 Å². The summed E-state index contributed by atoms with van der Waals surface area (Å²) in [5.41, 5.74) is 0.981. The van der Waals surface area contributed by atoms with Gasteiger partial charge in [0.2, 0.25) is 5.95 Å². The maximum absolute atomic E-state index is 13.2. The lowest BCUT2D eigenvalue weighted by Gasteiger charge is -2.22. The third-order valence-electron chi connectivity index (χ3n) is 6.22. The van der Waals surface area contributed by atoms with Crippen LogP contribution in [0, 0.1) is 5.82 Å². The maximum atomic E-state index is 13.2. The van der Waals surface area contributed by atoms with Crippen LogP contribution in [-0.2, 0) is 21.1 Å². The number of hydrogen-bond donors (Lipinski definition) is 3. The number of hydrogen-bond acceptors (Lipinski definition) is 10. The summed E-state index contributed by atoms with van der Waals surface area (Å²) in [5, 5.41) is 16.0. The number of rotatable bonds is 14. The molecule has 3 aromatic rings. The Hall–Kier alpha value is -4.46. The van der Waals surface area contributed by atoms with Gasteiger partial charge in [-0.1, -0.05) is 12.1 Å². The Bertz CT molecular complexity index is 1470. The molecular weight excluding hydrogens is 567 g/mol. The van der Waals surface area contributed by atoms with Crippen LogP contribution in [0.5, 0.6) is 5.75 Å². The van der Waals surface area contributed by atoms with Crippen molar-refractivity contribution in [2.24, 2.45) is 0 Å². The number of benzene rings is 2. The summed E-state index contributed by atoms with van der Waals surface area (Å²) in [4.78, 5) is 36.1. The highest BCUT2D eigenvalue weighted by Gasteiger charge is 2.22. The molecule has 1 amide bonds. The Morgan fingerprint density at radius 1 is 1.05 bits per heavy atom. The first-order valence-corrected chi connectivity index (χ1v) is 14.9. The first kappa shape index (κ1) is 32.1. The summed E-state index contributed by atoms with van der Waals surface area (Å²) < 4.78 is 43.8. The number of halogens is 1. The maximum Gasteiger partial charge on any atom is 0.414 e. The minimum absolute atomic E-state index is 0.00869. The van der Waals surface area contributed by atoms with E-state index in [1.165, 1.54) is 23.2 Å². The molecule has 0 spiro atoms. The van der Waals surface area contributed by atoms with E-state index in [-0.39, 0.29) is 29.4 Å². The molecule has 14 heteroatoms. The van der Waals surface area contributed by atoms with Crippen LogP contribution in [0.15, 0.2) is 59.6 Å². The number of carboxylic acid groups (broad SMARTS) is 1. The molecule has 0 saturated heterocycles. The molecule has 12 nitrogen and oxygen atoms in total. The van der Waals surface area contributed by atoms with Crippen LogP contribution in [0.25, 0.3) is 0 Å². The first-order chi connectivity index (χ1) is 19.9. The summed E-state index contributed by atoms with van der Waals surface area (Å²) >= 11 is 0. The van der Waals surface area contributed by atoms with Gasteiger partial charge in [-0.3, -0.25) is 0 Å². The fourth-order valence-corrected chi connectivity index (χ4v) is 4.99. The largest absolute Gasteiger partial charge is 0.480 e. The van der Waals surface area contributed by atoms with E-state index in [0.29, 0.717) is 36.0 Å². The molecule has 0 aliphatic heterocycles. The molecule has 3 rings (SSSR count). The molecule has 0 radical (unpaired) electrons. The van der Waals surface area contributed by atoms with Crippen LogP contribution in [0.4, 0.5) is 26.6 Å². The lowest BCUT2D eigenvalue weighted by atomic mass is 10.1. The van der Waals surface area contributed by atoms with Gasteiger partial charge >= 0.3 is 12.1 Å². The molecule has 2 aromatic carbocycles. The molecule has 0 fully saturated rings. The van der Waals surface area contributed by atoms with Gasteiger partial charge in [0.25, 0.3) is 0 Å². The molecule has 0 bridgehead atoms. The van der Waals surface area contributed by atoms with Crippen molar-refractivity contribution in [2.75, 3.05) is 55.0 Å². The lowest BCUT2D eigenvalue weighted by Crippen LogP contribution is -2.33. The number of ether oxygens (including phenoxy) is 1. The molecule has 0 aliphatic rings. The van der Waals surface area contributed by atoms with E-state index in [2.05, 4.69) is 20.6 Å². The molecule has 3 N–H and O–H groups in total. The van der Waals surface area contributed by atoms with Crippen molar-refractivity contribution in [3.8, 4) is 5.75 Å². The monoisotopic (exact) mass is 602 g/mol. The van der Waals surface area contributed by atoms with Crippen molar-refractivity contribution in [2.45, 2.75) is 31.2 Å². The van der Waals surface area contributed by atoms with Gasteiger partial charge < -0.3 is 30.3 Å². The van der Waals surface area contributed by atoms with E-state index >= 15 is 0 Å². The van der Waals surface area contributed by atoms with Crippen LogP contribution in [0.1, 0.15) is 19.4 Å². The van der Waals surface area contributed by atoms with E-state index in [0.717, 1.165) is 12.1 Å². The topological polar surface area (TPSA) is 154 Å². The predicted octanol–water partition coefficient (Wildman–Crippen LogP) is 3.52. The van der Waals surface area contributed by atoms with Gasteiger partial charge in [-0.25, -0.2) is 27.4 Å². The second-order valence-electron chi connectivity index (χ2n) is 9.45. The minimum Gasteiger partial charge on any atom is -0.480 e. The van der Waals surface area contributed by atoms with Crippen molar-refractivity contribution in [3.05, 3.63) is 66.1 Å². The number of anilines is 3. The van der Waals surface area contributed by atoms with Gasteiger partial charge in [-0.15, -0.1) is 0 Å². The van der Waals surface area contributed by atoms with Crippen molar-refractivity contribution in [1.82, 2.24) is 14.9 Å². The Labute approximate surface area is 244 Å². The standard InChI is InChI=1S/C28H35FN6O6S/c1-5-35(6-2)27-31-18-24(30-15-16-42(39,40)22-13-9-20(29)10-14-22)25(33-27)32-23(26(36)37)17-19-7-11-21(12-8-19)41-28(38)34(3)4/h7-14,18,23,30H,5-6,15-17H2,1-4H3,(H,36,37)(H,31,32,33). The Morgan fingerprint density at radius 3 is 2.26 bits per heavy atom. The summed E-state index contributed by atoms with van der Waals surface area (Å²) in [6, 6.07) is 9.94. The highest BCUT2D eigenvalue weighted by Crippen LogP contribution is 2.24. The second-order valence-corrected chi connectivity index (χ2v) is 11.6. The van der Waals surface area contributed by atoms with Crippen LogP contribution in [-0.4, -0.2) is 86.0 Å². The predicted molar refractivity (Wildman–Crippen MR) is 157 cm³/mol. The van der Waals surface area contributed by atoms with Crippen molar-refractivity contribution < 1.29 is 32.2 Å². The van der Waals surface area contributed by atoms with Gasteiger partial charge in [0.15, 0.2) is 15.7 Å². The molecule has 1 aromatic heterocycles. The van der Waals surface area contributed by atoms with Crippen LogP contribution >= 0.6 is 0 Å². The number of aliphatic carboxylic acids is 1. The van der Waals surface area contributed by atoms with Gasteiger partial charge in [-0.05, 0) is 55.8 Å². The van der Waals surface area contributed by atoms with Crippen molar-refractivity contribution in [1.29, 1.82) is 0 Å². The zero-order valence-electron chi connectivity index (χ0n) is 23.9. The van der Waals surface area contributed by atoms with Crippen molar-refractivity contribution in [3.63, 3.8) is 0 Å². The quantitative estimate of drug-likeness (QED) is 0.232. The smallest absolute Gasteiger partial charge is 0.414 e. The molecule has 42 heavy (non-hydrogen) atoms. The second kappa shape index (κ2) is 14.4. The van der Waals surface area contributed by atoms with E-state index in [1.807, 2.05) is 18.7 Å². The van der Waals surface area contributed by atoms with Gasteiger partial charge in [0.1, 0.15) is 17.6 Å². The zero-order valence-corrected chi connectivity index (χ0v) is 24.7. The number of carboxylic acids is 1. The Kier molecular flexibility index (Phi) is 11.0. The third kappa shape index (κ3) is 8.77. The summed E-state index contributed by atoms with van der Waals surface area (Å²) in [6.45, 7) is 5.07. The fraction of sp³-hybridized carbons (Fsp3) is 0.357. The molecule has 1 unspecified atom stereocenters. The summed E-state index contributed by atoms with van der Waals surface area (Å²) in [5.74, 6) is -1.09. The van der Waals surface area contributed by atoms with E-state index < -0.39 is 33.8 Å². The Balaban J connectivity index is 1.80. The van der Waals surface area contributed by atoms with Gasteiger partial charge in [0.05, 0.1) is 22.5 Å². The summed E-state index contributed by atoms with van der Waals surface area (Å²) in [7, 11) is -0.586. The molecule has 0 saturated carbocycles. The molecule has 1 heterocycles. The summed E-state index contributed by atoms with van der Waals surface area (Å²) in [6.07, 6.45) is 1.01. The highest BCUT2D eigenvalue weighted by atomic mass is 32.2. The number of sulfone groups is 1. The lowest BCUT2D eigenvalue weighted by molar-refractivity contribution is -0.137. The zero-order chi connectivity index (χ0) is 30.9. The molecule has 226 valence electrons. The normalized spacial score (nSPS) is 11.8.